The number of hydrogen-bond donors (Lipinski definition) is 0. The van der Waals surface area contributed by atoms with Crippen LogP contribution in [0, 0.1) is 5.92 Å². The van der Waals surface area contributed by atoms with Crippen molar-refractivity contribution in [2.24, 2.45) is 5.92 Å². The molecule has 14 heavy (non-hydrogen) atoms. The third kappa shape index (κ3) is 2.42. The molecule has 0 unspecified atom stereocenters. The summed E-state index contributed by atoms with van der Waals surface area (Å²) in [6.45, 7) is 9.68. The summed E-state index contributed by atoms with van der Waals surface area (Å²) in [5.74, 6) is 1.15. The predicted octanol–water partition coefficient (Wildman–Crippen LogP) is 5.08. The van der Waals surface area contributed by atoms with Gasteiger partial charge in [0, 0.05) is 0 Å². The summed E-state index contributed by atoms with van der Waals surface area (Å²) < 4.78 is 0. The Labute approximate surface area is 91.5 Å². The van der Waals surface area contributed by atoms with Crippen LogP contribution < -0.4 is 0 Å². The van der Waals surface area contributed by atoms with Gasteiger partial charge in [0.05, 0.1) is 8.07 Å². The van der Waals surface area contributed by atoms with Gasteiger partial charge in [-0.25, -0.2) is 0 Å². The number of unbranched alkanes of at least 4 members (excludes halogenated alkanes) is 1. The lowest BCUT2D eigenvalue weighted by Crippen LogP contribution is -2.32. The van der Waals surface area contributed by atoms with Crippen LogP contribution in [0.25, 0.3) is 0 Å². The lowest BCUT2D eigenvalue weighted by atomic mass is 10.2. The summed E-state index contributed by atoms with van der Waals surface area (Å²) in [5.41, 5.74) is 1.22. The fourth-order valence-corrected chi connectivity index (χ4v) is 8.36. The van der Waals surface area contributed by atoms with Crippen molar-refractivity contribution in [2.45, 2.75) is 77.1 Å². The van der Waals surface area contributed by atoms with Crippen LogP contribution in [0.15, 0.2) is 0 Å². The molecule has 1 heteroatoms. The lowest BCUT2D eigenvalue weighted by molar-refractivity contribution is 0.650. The Bertz CT molecular complexity index is 152. The highest BCUT2D eigenvalue weighted by Gasteiger charge is 2.49. The lowest BCUT2D eigenvalue weighted by Gasteiger charge is -2.28. The van der Waals surface area contributed by atoms with E-state index in [1.165, 1.54) is 42.9 Å². The minimum atomic E-state index is -0.797. The summed E-state index contributed by atoms with van der Waals surface area (Å²) in [5, 5.41) is 0. The Morgan fingerprint density at radius 1 is 1.00 bits per heavy atom. The smallest absolute Gasteiger partial charge is 0.0561 e. The average molecular weight is 212 g/mol. The molecule has 1 fully saturated rings. The van der Waals surface area contributed by atoms with E-state index in [2.05, 4.69) is 27.7 Å². The fourth-order valence-electron chi connectivity index (χ4n) is 3.32. The van der Waals surface area contributed by atoms with Gasteiger partial charge in [-0.2, -0.15) is 0 Å². The van der Waals surface area contributed by atoms with Crippen LogP contribution in [-0.4, -0.2) is 8.07 Å². The molecule has 0 aromatic rings. The maximum Gasteiger partial charge on any atom is 0.0561 e. The van der Waals surface area contributed by atoms with E-state index in [0.29, 0.717) is 0 Å². The largest absolute Gasteiger partial charge is 0.0678 e. The van der Waals surface area contributed by atoms with E-state index in [-0.39, 0.29) is 0 Å². The van der Waals surface area contributed by atoms with E-state index < -0.39 is 8.07 Å². The molecule has 0 nitrogen and oxygen atoms in total. The quantitative estimate of drug-likeness (QED) is 0.517. The Morgan fingerprint density at radius 2 is 1.57 bits per heavy atom. The topological polar surface area (TPSA) is 0 Å². The molecule has 0 spiro atoms. The highest BCUT2D eigenvalue weighted by molar-refractivity contribution is 6.81. The number of rotatable bonds is 7. The molecule has 1 saturated carbocycles. The summed E-state index contributed by atoms with van der Waals surface area (Å²) in [6.07, 6.45) is 6.00. The van der Waals surface area contributed by atoms with Crippen LogP contribution in [0.2, 0.25) is 23.7 Å². The van der Waals surface area contributed by atoms with Gasteiger partial charge >= 0.3 is 0 Å². The molecule has 0 amide bonds. The van der Waals surface area contributed by atoms with Gasteiger partial charge in [-0.05, 0) is 17.9 Å². The molecule has 1 rings (SSSR count). The SMILES string of the molecule is CCCC[C@@H]1C[C@H]1[Si](CC)(CC)CC. The van der Waals surface area contributed by atoms with Gasteiger partial charge in [-0.1, -0.05) is 65.1 Å². The molecule has 0 radical (unpaired) electrons. The summed E-state index contributed by atoms with van der Waals surface area (Å²) in [6, 6.07) is 4.61. The van der Waals surface area contributed by atoms with Crippen molar-refractivity contribution in [3.8, 4) is 0 Å². The van der Waals surface area contributed by atoms with Crippen molar-refractivity contribution in [3.63, 3.8) is 0 Å². The van der Waals surface area contributed by atoms with E-state index in [9.17, 15) is 0 Å². The maximum absolute atomic E-state index is 2.45. The second kappa shape index (κ2) is 5.34. The highest BCUT2D eigenvalue weighted by atomic mass is 28.3. The molecule has 0 aliphatic heterocycles. The summed E-state index contributed by atoms with van der Waals surface area (Å²) in [7, 11) is -0.797. The molecule has 0 heterocycles. The van der Waals surface area contributed by atoms with Crippen LogP contribution in [-0.2, 0) is 0 Å². The first-order chi connectivity index (χ1) is 6.74. The zero-order chi connectivity index (χ0) is 10.6. The van der Waals surface area contributed by atoms with E-state index >= 15 is 0 Å². The van der Waals surface area contributed by atoms with Gasteiger partial charge in [0.15, 0.2) is 0 Å². The molecular weight excluding hydrogens is 184 g/mol. The summed E-state index contributed by atoms with van der Waals surface area (Å²) >= 11 is 0. The molecule has 1 aliphatic rings. The fraction of sp³-hybridized carbons (Fsp3) is 1.00. The Kier molecular flexibility index (Phi) is 4.69. The molecule has 0 aromatic heterocycles. The molecule has 0 aromatic carbocycles. The van der Waals surface area contributed by atoms with Gasteiger partial charge in [0.2, 0.25) is 0 Å². The molecule has 0 saturated heterocycles. The minimum Gasteiger partial charge on any atom is -0.0678 e. The molecule has 0 N–H and O–H groups in total. The Balaban J connectivity index is 2.41. The van der Waals surface area contributed by atoms with Crippen molar-refractivity contribution in [3.05, 3.63) is 0 Å². The average Bonchev–Trinajstić information content (AvgIpc) is 2.99. The Hall–Kier alpha value is 0.217. The molecule has 2 atom stereocenters. The van der Waals surface area contributed by atoms with Crippen molar-refractivity contribution in [2.75, 3.05) is 0 Å². The second-order valence-electron chi connectivity index (χ2n) is 5.17. The van der Waals surface area contributed by atoms with Crippen LogP contribution in [0.1, 0.15) is 53.4 Å². The van der Waals surface area contributed by atoms with Crippen LogP contribution in [0.5, 0.6) is 0 Å². The number of hydrogen-bond acceptors (Lipinski definition) is 0. The molecule has 84 valence electrons. The van der Waals surface area contributed by atoms with Gasteiger partial charge < -0.3 is 0 Å². The van der Waals surface area contributed by atoms with E-state index in [1.54, 1.807) is 6.42 Å². The standard InChI is InChI=1S/C13H28Si/c1-5-9-10-12-11-13(12)14(6-2,7-3)8-4/h12-13H,5-11H2,1-4H3/t12-,13-/m1/s1. The monoisotopic (exact) mass is 212 g/mol. The van der Waals surface area contributed by atoms with E-state index in [1.807, 2.05) is 0 Å². The maximum atomic E-state index is 2.45. The molecular formula is C13H28Si. The third-order valence-corrected chi connectivity index (χ3v) is 11.3. The zero-order valence-electron chi connectivity index (χ0n) is 10.6. The van der Waals surface area contributed by atoms with Gasteiger partial charge in [0.25, 0.3) is 0 Å². The minimum absolute atomic E-state index is 0.797. The first-order valence-corrected chi connectivity index (χ1v) is 9.43. The van der Waals surface area contributed by atoms with Crippen LogP contribution >= 0.6 is 0 Å². The summed E-state index contributed by atoms with van der Waals surface area (Å²) in [4.78, 5) is 0. The molecule has 0 bridgehead atoms. The second-order valence-corrected chi connectivity index (χ2v) is 10.8. The first-order valence-electron chi connectivity index (χ1n) is 6.74. The van der Waals surface area contributed by atoms with Crippen LogP contribution in [0.3, 0.4) is 0 Å². The van der Waals surface area contributed by atoms with Crippen LogP contribution in [0.4, 0.5) is 0 Å². The van der Waals surface area contributed by atoms with Gasteiger partial charge in [-0.3, -0.25) is 0 Å². The third-order valence-electron chi connectivity index (χ3n) is 4.75. The zero-order valence-corrected chi connectivity index (χ0v) is 11.6. The first kappa shape index (κ1) is 12.3. The predicted molar refractivity (Wildman–Crippen MR) is 68.6 cm³/mol. The van der Waals surface area contributed by atoms with E-state index in [4.69, 9.17) is 0 Å². The normalized spacial score (nSPS) is 26.6. The molecule has 1 aliphatic carbocycles. The van der Waals surface area contributed by atoms with Crippen molar-refractivity contribution >= 4 is 8.07 Å². The van der Waals surface area contributed by atoms with E-state index in [0.717, 1.165) is 5.92 Å². The van der Waals surface area contributed by atoms with Crippen molar-refractivity contribution in [1.82, 2.24) is 0 Å². The van der Waals surface area contributed by atoms with Crippen molar-refractivity contribution < 1.29 is 0 Å². The van der Waals surface area contributed by atoms with Gasteiger partial charge in [0.1, 0.15) is 0 Å². The van der Waals surface area contributed by atoms with Crippen molar-refractivity contribution in [1.29, 1.82) is 0 Å². The van der Waals surface area contributed by atoms with Gasteiger partial charge in [-0.15, -0.1) is 0 Å². The highest BCUT2D eigenvalue weighted by Crippen LogP contribution is 2.57. The Morgan fingerprint density at radius 3 is 2.00 bits per heavy atom.